The molecule has 0 heterocycles. The van der Waals surface area contributed by atoms with Crippen LogP contribution in [0.3, 0.4) is 0 Å². The summed E-state index contributed by atoms with van der Waals surface area (Å²) in [6, 6.07) is 9.74. The third-order valence-corrected chi connectivity index (χ3v) is 2.76. The van der Waals surface area contributed by atoms with E-state index in [1.807, 2.05) is 36.4 Å². The van der Waals surface area contributed by atoms with E-state index in [0.29, 0.717) is 0 Å². The van der Waals surface area contributed by atoms with Gasteiger partial charge in [-0.2, -0.15) is 0 Å². The first-order valence-corrected chi connectivity index (χ1v) is 6.44. The topological polar surface area (TPSA) is 18.5 Å². The SMILES string of the molecule is C=CCCCCCOPOc1ccccc1. The first kappa shape index (κ1) is 13.2. The molecule has 1 aromatic carbocycles. The van der Waals surface area contributed by atoms with E-state index in [1.165, 1.54) is 12.8 Å². The molecule has 0 aliphatic carbocycles. The highest BCUT2D eigenvalue weighted by Gasteiger charge is 1.92. The zero-order valence-corrected chi connectivity index (χ0v) is 10.5. The minimum atomic E-state index is 0.102. The molecule has 1 atom stereocenters. The van der Waals surface area contributed by atoms with Crippen LogP contribution in [0.5, 0.6) is 5.75 Å². The van der Waals surface area contributed by atoms with E-state index < -0.39 is 0 Å². The fourth-order valence-corrected chi connectivity index (χ4v) is 1.77. The Hall–Kier alpha value is -0.850. The van der Waals surface area contributed by atoms with E-state index in [0.717, 1.165) is 25.2 Å². The normalized spacial score (nSPS) is 10.8. The molecule has 88 valence electrons. The zero-order chi connectivity index (χ0) is 11.5. The van der Waals surface area contributed by atoms with Crippen molar-refractivity contribution in [3.8, 4) is 5.75 Å². The lowest BCUT2D eigenvalue weighted by atomic mass is 10.2. The molecule has 16 heavy (non-hydrogen) atoms. The molecule has 0 aromatic heterocycles. The summed E-state index contributed by atoms with van der Waals surface area (Å²) in [7, 11) is 0.102. The molecule has 0 spiro atoms. The molecular formula is C13H19O2P. The molecule has 0 bridgehead atoms. The Morgan fingerprint density at radius 1 is 1.12 bits per heavy atom. The molecule has 0 aliphatic rings. The quantitative estimate of drug-likeness (QED) is 0.362. The first-order valence-electron chi connectivity index (χ1n) is 5.63. The van der Waals surface area contributed by atoms with Gasteiger partial charge in [0.1, 0.15) is 5.75 Å². The van der Waals surface area contributed by atoms with Crippen molar-refractivity contribution in [3.05, 3.63) is 43.0 Å². The predicted octanol–water partition coefficient (Wildman–Crippen LogP) is 4.34. The summed E-state index contributed by atoms with van der Waals surface area (Å²) in [5, 5.41) is 0. The summed E-state index contributed by atoms with van der Waals surface area (Å²) in [6.45, 7) is 4.47. The van der Waals surface area contributed by atoms with Gasteiger partial charge in [-0.05, 0) is 31.4 Å². The van der Waals surface area contributed by atoms with E-state index in [9.17, 15) is 0 Å². The largest absolute Gasteiger partial charge is 0.450 e. The van der Waals surface area contributed by atoms with Gasteiger partial charge in [-0.15, -0.1) is 6.58 Å². The molecule has 2 nitrogen and oxygen atoms in total. The summed E-state index contributed by atoms with van der Waals surface area (Å²) in [5.74, 6) is 0.868. The summed E-state index contributed by atoms with van der Waals surface area (Å²) >= 11 is 0. The van der Waals surface area contributed by atoms with Gasteiger partial charge < -0.3 is 9.05 Å². The van der Waals surface area contributed by atoms with Crippen LogP contribution in [0.15, 0.2) is 43.0 Å². The number of para-hydroxylation sites is 1. The Morgan fingerprint density at radius 3 is 2.69 bits per heavy atom. The van der Waals surface area contributed by atoms with E-state index in [2.05, 4.69) is 6.58 Å². The molecular weight excluding hydrogens is 219 g/mol. The van der Waals surface area contributed by atoms with Crippen LogP contribution >= 0.6 is 9.03 Å². The van der Waals surface area contributed by atoms with Gasteiger partial charge in [0.05, 0.1) is 6.61 Å². The standard InChI is InChI=1S/C13H19O2P/c1-2-3-4-5-9-12-14-16-15-13-10-7-6-8-11-13/h2,6-8,10-11,16H,1,3-5,9,12H2. The van der Waals surface area contributed by atoms with Gasteiger partial charge in [-0.25, -0.2) is 0 Å². The van der Waals surface area contributed by atoms with Crippen LogP contribution in [0.4, 0.5) is 0 Å². The average molecular weight is 238 g/mol. The van der Waals surface area contributed by atoms with Gasteiger partial charge in [0.15, 0.2) is 0 Å². The highest BCUT2D eigenvalue weighted by molar-refractivity contribution is 7.26. The molecule has 0 amide bonds. The third-order valence-electron chi connectivity index (χ3n) is 2.12. The second kappa shape index (κ2) is 9.38. The fraction of sp³-hybridized carbons (Fsp3) is 0.385. The van der Waals surface area contributed by atoms with Crippen LogP contribution in [-0.4, -0.2) is 6.61 Å². The number of unbranched alkanes of at least 4 members (excludes halogenated alkanes) is 3. The summed E-state index contributed by atoms with van der Waals surface area (Å²) in [6.07, 6.45) is 6.56. The smallest absolute Gasteiger partial charge is 0.215 e. The van der Waals surface area contributed by atoms with Crippen molar-refractivity contribution in [1.29, 1.82) is 0 Å². The molecule has 0 fully saturated rings. The molecule has 0 N–H and O–H groups in total. The molecule has 0 radical (unpaired) electrons. The second-order valence-electron chi connectivity index (χ2n) is 3.48. The third kappa shape index (κ3) is 6.60. The lowest BCUT2D eigenvalue weighted by molar-refractivity contribution is 0.317. The number of allylic oxidation sites excluding steroid dienone is 1. The summed E-state index contributed by atoms with van der Waals surface area (Å²) in [5.41, 5.74) is 0. The summed E-state index contributed by atoms with van der Waals surface area (Å²) in [4.78, 5) is 0. The van der Waals surface area contributed by atoms with Crippen molar-refractivity contribution >= 4 is 9.03 Å². The van der Waals surface area contributed by atoms with E-state index in [-0.39, 0.29) is 9.03 Å². The molecule has 0 saturated heterocycles. The molecule has 1 aromatic rings. The van der Waals surface area contributed by atoms with Crippen LogP contribution in [0, 0.1) is 0 Å². The van der Waals surface area contributed by atoms with E-state index in [4.69, 9.17) is 9.05 Å². The van der Waals surface area contributed by atoms with Crippen LogP contribution in [0.2, 0.25) is 0 Å². The first-order chi connectivity index (χ1) is 7.93. The van der Waals surface area contributed by atoms with E-state index in [1.54, 1.807) is 0 Å². The van der Waals surface area contributed by atoms with Gasteiger partial charge in [0.2, 0.25) is 9.03 Å². The van der Waals surface area contributed by atoms with Crippen molar-refractivity contribution in [1.82, 2.24) is 0 Å². The molecule has 1 unspecified atom stereocenters. The lowest BCUT2D eigenvalue weighted by Gasteiger charge is -2.05. The van der Waals surface area contributed by atoms with Crippen molar-refractivity contribution in [2.45, 2.75) is 25.7 Å². The number of hydrogen-bond acceptors (Lipinski definition) is 2. The van der Waals surface area contributed by atoms with Crippen LogP contribution in [-0.2, 0) is 4.52 Å². The average Bonchev–Trinajstić information content (AvgIpc) is 2.34. The van der Waals surface area contributed by atoms with Crippen molar-refractivity contribution in [3.63, 3.8) is 0 Å². The van der Waals surface area contributed by atoms with Crippen LogP contribution < -0.4 is 4.52 Å². The van der Waals surface area contributed by atoms with Crippen LogP contribution in [0.25, 0.3) is 0 Å². The molecule has 1 rings (SSSR count). The minimum absolute atomic E-state index is 0.102. The maximum absolute atomic E-state index is 5.42. The fourth-order valence-electron chi connectivity index (χ4n) is 1.25. The Balaban J connectivity index is 1.90. The predicted molar refractivity (Wildman–Crippen MR) is 70.0 cm³/mol. The van der Waals surface area contributed by atoms with Gasteiger partial charge in [-0.3, -0.25) is 0 Å². The molecule has 3 heteroatoms. The highest BCUT2D eigenvalue weighted by atomic mass is 31.1. The van der Waals surface area contributed by atoms with Crippen LogP contribution in [0.1, 0.15) is 25.7 Å². The maximum atomic E-state index is 5.42. The van der Waals surface area contributed by atoms with Crippen molar-refractivity contribution in [2.75, 3.05) is 6.61 Å². The van der Waals surface area contributed by atoms with Crippen molar-refractivity contribution in [2.24, 2.45) is 0 Å². The molecule has 0 saturated carbocycles. The Morgan fingerprint density at radius 2 is 1.94 bits per heavy atom. The second-order valence-corrected chi connectivity index (χ2v) is 4.14. The summed E-state index contributed by atoms with van der Waals surface area (Å²) < 4.78 is 10.8. The minimum Gasteiger partial charge on any atom is -0.450 e. The van der Waals surface area contributed by atoms with E-state index >= 15 is 0 Å². The number of rotatable bonds is 9. The number of benzene rings is 1. The lowest BCUT2D eigenvalue weighted by Crippen LogP contribution is -1.88. The zero-order valence-electron chi connectivity index (χ0n) is 9.52. The van der Waals surface area contributed by atoms with Gasteiger partial charge in [0.25, 0.3) is 0 Å². The molecule has 0 aliphatic heterocycles. The monoisotopic (exact) mass is 238 g/mol. The Kier molecular flexibility index (Phi) is 7.75. The number of hydrogen-bond donors (Lipinski definition) is 0. The van der Waals surface area contributed by atoms with Gasteiger partial charge >= 0.3 is 0 Å². The maximum Gasteiger partial charge on any atom is 0.215 e. The highest BCUT2D eigenvalue weighted by Crippen LogP contribution is 2.21. The Bertz CT molecular complexity index is 275. The Labute approximate surface area is 99.6 Å². The van der Waals surface area contributed by atoms with Crippen molar-refractivity contribution < 1.29 is 9.05 Å². The van der Waals surface area contributed by atoms with Gasteiger partial charge in [0, 0.05) is 0 Å². The van der Waals surface area contributed by atoms with Gasteiger partial charge in [-0.1, -0.05) is 30.7 Å².